The van der Waals surface area contributed by atoms with Gasteiger partial charge in [0.1, 0.15) is 17.4 Å². The van der Waals surface area contributed by atoms with Crippen molar-refractivity contribution in [2.24, 2.45) is 0 Å². The average Bonchev–Trinajstić information content (AvgIpc) is 2.93. The SMILES string of the molecule is COC(=O)c1cc(NC(=O)N2CCN(CCO)CC2)ccc1OC(c1ccccc1)c1ccccc1. The average molecular weight is 490 g/mol. The molecule has 1 aliphatic heterocycles. The number of hydrogen-bond donors (Lipinski definition) is 2. The quantitative estimate of drug-likeness (QED) is 0.468. The van der Waals surface area contributed by atoms with Gasteiger partial charge in [-0.25, -0.2) is 9.59 Å². The van der Waals surface area contributed by atoms with Gasteiger partial charge >= 0.3 is 12.0 Å². The largest absolute Gasteiger partial charge is 0.480 e. The van der Waals surface area contributed by atoms with Gasteiger partial charge in [-0.3, -0.25) is 4.90 Å². The van der Waals surface area contributed by atoms with Gasteiger partial charge in [0.15, 0.2) is 0 Å². The Labute approximate surface area is 211 Å². The second-order valence-electron chi connectivity index (χ2n) is 8.50. The zero-order chi connectivity index (χ0) is 25.3. The third-order valence-corrected chi connectivity index (χ3v) is 6.16. The molecule has 1 aliphatic rings. The lowest BCUT2D eigenvalue weighted by Crippen LogP contribution is -2.50. The number of hydrogen-bond acceptors (Lipinski definition) is 6. The third-order valence-electron chi connectivity index (χ3n) is 6.16. The van der Waals surface area contributed by atoms with Crippen molar-refractivity contribution in [2.75, 3.05) is 51.8 Å². The summed E-state index contributed by atoms with van der Waals surface area (Å²) in [4.78, 5) is 29.3. The molecule has 188 valence electrons. The fourth-order valence-corrected chi connectivity index (χ4v) is 4.21. The van der Waals surface area contributed by atoms with E-state index in [-0.39, 0.29) is 18.2 Å². The number of nitrogens with one attached hydrogen (secondary N) is 1. The Morgan fingerprint density at radius 1 is 0.917 bits per heavy atom. The number of aliphatic hydroxyl groups excluding tert-OH is 1. The lowest BCUT2D eigenvalue weighted by atomic mass is 10.0. The maximum absolute atomic E-state index is 12.8. The summed E-state index contributed by atoms with van der Waals surface area (Å²) >= 11 is 0. The van der Waals surface area contributed by atoms with Crippen molar-refractivity contribution < 1.29 is 24.2 Å². The van der Waals surface area contributed by atoms with E-state index >= 15 is 0 Å². The number of nitrogens with zero attached hydrogens (tertiary/aromatic N) is 2. The first-order valence-electron chi connectivity index (χ1n) is 12.0. The summed E-state index contributed by atoms with van der Waals surface area (Å²) in [5.41, 5.74) is 2.58. The molecule has 8 nitrogen and oxygen atoms in total. The predicted octanol–water partition coefficient (Wildman–Crippen LogP) is 3.78. The molecule has 4 rings (SSSR count). The zero-order valence-corrected chi connectivity index (χ0v) is 20.3. The van der Waals surface area contributed by atoms with E-state index in [1.165, 1.54) is 7.11 Å². The van der Waals surface area contributed by atoms with Crippen molar-refractivity contribution >= 4 is 17.7 Å². The van der Waals surface area contributed by atoms with Crippen LogP contribution in [0, 0.1) is 0 Å². The molecule has 36 heavy (non-hydrogen) atoms. The fourth-order valence-electron chi connectivity index (χ4n) is 4.21. The summed E-state index contributed by atoms with van der Waals surface area (Å²) in [6.45, 7) is 3.24. The van der Waals surface area contributed by atoms with Gasteiger partial charge < -0.3 is 24.8 Å². The number of rotatable bonds is 8. The van der Waals surface area contributed by atoms with Gasteiger partial charge in [-0.2, -0.15) is 0 Å². The summed E-state index contributed by atoms with van der Waals surface area (Å²) in [5, 5.41) is 12.0. The number of anilines is 1. The molecule has 0 spiro atoms. The Morgan fingerprint density at radius 3 is 2.08 bits per heavy atom. The number of aliphatic hydroxyl groups is 1. The first kappa shape index (κ1) is 25.2. The first-order valence-corrected chi connectivity index (χ1v) is 12.0. The van der Waals surface area contributed by atoms with Crippen LogP contribution in [0.2, 0.25) is 0 Å². The van der Waals surface area contributed by atoms with Crippen LogP contribution in [0.3, 0.4) is 0 Å². The number of esters is 1. The van der Waals surface area contributed by atoms with Crippen LogP contribution in [0.1, 0.15) is 27.6 Å². The van der Waals surface area contributed by atoms with Gasteiger partial charge in [0.25, 0.3) is 0 Å². The molecule has 0 atom stereocenters. The van der Waals surface area contributed by atoms with Gasteiger partial charge in [0, 0.05) is 38.4 Å². The molecule has 2 N–H and O–H groups in total. The summed E-state index contributed by atoms with van der Waals surface area (Å²) in [6, 6.07) is 24.3. The Balaban J connectivity index is 1.55. The lowest BCUT2D eigenvalue weighted by molar-refractivity contribution is 0.0594. The number of benzene rings is 3. The molecule has 3 aromatic carbocycles. The number of carbonyl (C=O) groups is 2. The van der Waals surface area contributed by atoms with Crippen molar-refractivity contribution in [3.8, 4) is 5.75 Å². The van der Waals surface area contributed by atoms with Gasteiger partial charge in [0.05, 0.1) is 13.7 Å². The van der Waals surface area contributed by atoms with Crippen LogP contribution < -0.4 is 10.1 Å². The standard InChI is InChI=1S/C28H31N3O5/c1-35-27(33)24-20-23(29-28(34)31-16-14-30(15-17-31)18-19-32)12-13-25(24)36-26(21-8-4-2-5-9-21)22-10-6-3-7-11-22/h2-13,20,26,32H,14-19H2,1H3,(H,29,34). The molecule has 0 unspecified atom stereocenters. The van der Waals surface area contributed by atoms with Crippen molar-refractivity contribution in [1.82, 2.24) is 9.80 Å². The highest BCUT2D eigenvalue weighted by Gasteiger charge is 2.23. The van der Waals surface area contributed by atoms with E-state index < -0.39 is 12.1 Å². The number of methoxy groups -OCH3 is 1. The highest BCUT2D eigenvalue weighted by molar-refractivity contribution is 5.96. The van der Waals surface area contributed by atoms with Crippen LogP contribution in [0.5, 0.6) is 5.75 Å². The second kappa shape index (κ2) is 12.2. The molecule has 1 saturated heterocycles. The van der Waals surface area contributed by atoms with Crippen molar-refractivity contribution in [3.63, 3.8) is 0 Å². The van der Waals surface area contributed by atoms with E-state index in [4.69, 9.17) is 14.6 Å². The number of amides is 2. The number of urea groups is 1. The van der Waals surface area contributed by atoms with E-state index in [2.05, 4.69) is 10.2 Å². The second-order valence-corrected chi connectivity index (χ2v) is 8.50. The van der Waals surface area contributed by atoms with Crippen LogP contribution in [0.15, 0.2) is 78.9 Å². The Bertz CT molecular complexity index is 1110. The zero-order valence-electron chi connectivity index (χ0n) is 20.3. The molecule has 1 fully saturated rings. The Morgan fingerprint density at radius 2 is 1.53 bits per heavy atom. The Hall–Kier alpha value is -3.88. The summed E-state index contributed by atoms with van der Waals surface area (Å²) in [7, 11) is 1.31. The van der Waals surface area contributed by atoms with Crippen LogP contribution in [0.25, 0.3) is 0 Å². The molecule has 1 heterocycles. The molecule has 0 aromatic heterocycles. The molecule has 0 bridgehead atoms. The molecular formula is C28H31N3O5. The number of carbonyl (C=O) groups excluding carboxylic acids is 2. The van der Waals surface area contributed by atoms with E-state index in [9.17, 15) is 9.59 Å². The lowest BCUT2D eigenvalue weighted by Gasteiger charge is -2.34. The highest BCUT2D eigenvalue weighted by Crippen LogP contribution is 2.32. The van der Waals surface area contributed by atoms with Crippen LogP contribution in [-0.4, -0.2) is 73.3 Å². The summed E-state index contributed by atoms with van der Waals surface area (Å²) < 4.78 is 11.4. The minimum Gasteiger partial charge on any atom is -0.480 e. The van der Waals surface area contributed by atoms with Crippen molar-refractivity contribution in [1.29, 1.82) is 0 Å². The number of β-amino-alcohol motifs (C(OH)–C–C–N with tert-alkyl or cyclic N) is 1. The minimum absolute atomic E-state index is 0.103. The molecule has 3 aromatic rings. The van der Waals surface area contributed by atoms with E-state index in [0.29, 0.717) is 44.2 Å². The van der Waals surface area contributed by atoms with Crippen LogP contribution in [-0.2, 0) is 4.74 Å². The first-order chi connectivity index (χ1) is 17.6. The van der Waals surface area contributed by atoms with E-state index in [1.807, 2.05) is 60.7 Å². The minimum atomic E-state index is -0.557. The molecule has 8 heteroatoms. The molecule has 0 saturated carbocycles. The van der Waals surface area contributed by atoms with Gasteiger partial charge in [-0.05, 0) is 29.3 Å². The smallest absolute Gasteiger partial charge is 0.341 e. The molecular weight excluding hydrogens is 458 g/mol. The maximum Gasteiger partial charge on any atom is 0.341 e. The van der Waals surface area contributed by atoms with E-state index in [1.54, 1.807) is 23.1 Å². The molecule has 0 aliphatic carbocycles. The predicted molar refractivity (Wildman–Crippen MR) is 137 cm³/mol. The highest BCUT2D eigenvalue weighted by atomic mass is 16.5. The summed E-state index contributed by atoms with van der Waals surface area (Å²) in [5.74, 6) is -0.200. The van der Waals surface area contributed by atoms with Crippen molar-refractivity contribution in [2.45, 2.75) is 6.10 Å². The van der Waals surface area contributed by atoms with Crippen LogP contribution >= 0.6 is 0 Å². The Kier molecular flexibility index (Phi) is 8.54. The molecule has 2 amide bonds. The topological polar surface area (TPSA) is 91.3 Å². The van der Waals surface area contributed by atoms with Gasteiger partial charge in [0.2, 0.25) is 0 Å². The fraction of sp³-hybridized carbons (Fsp3) is 0.286. The van der Waals surface area contributed by atoms with Gasteiger partial charge in [-0.1, -0.05) is 60.7 Å². The number of piperazine rings is 1. The molecule has 0 radical (unpaired) electrons. The summed E-state index contributed by atoms with van der Waals surface area (Å²) in [6.07, 6.45) is -0.438. The van der Waals surface area contributed by atoms with E-state index in [0.717, 1.165) is 11.1 Å². The monoisotopic (exact) mass is 489 g/mol. The van der Waals surface area contributed by atoms with Gasteiger partial charge in [-0.15, -0.1) is 0 Å². The third kappa shape index (κ3) is 6.21. The number of ether oxygens (including phenoxy) is 2. The maximum atomic E-state index is 12.8. The normalized spacial score (nSPS) is 13.9. The van der Waals surface area contributed by atoms with Crippen molar-refractivity contribution in [3.05, 3.63) is 95.6 Å². The van der Waals surface area contributed by atoms with Crippen LogP contribution in [0.4, 0.5) is 10.5 Å².